The molecule has 0 spiro atoms. The predicted molar refractivity (Wildman–Crippen MR) is 55.4 cm³/mol. The third-order valence-electron chi connectivity index (χ3n) is 1.74. The molecule has 1 amide bonds. The fourth-order valence-electron chi connectivity index (χ4n) is 1.000. The van der Waals surface area contributed by atoms with Crippen molar-refractivity contribution < 1.29 is 19.1 Å². The lowest BCUT2D eigenvalue weighted by Crippen LogP contribution is -2.45. The van der Waals surface area contributed by atoms with E-state index in [1.807, 2.05) is 13.8 Å². The number of methoxy groups -OCH3 is 1. The van der Waals surface area contributed by atoms with Gasteiger partial charge >= 0.3 is 12.1 Å². The molecule has 0 aromatic carbocycles. The number of amides is 1. The first-order valence-corrected chi connectivity index (χ1v) is 4.93. The van der Waals surface area contributed by atoms with Gasteiger partial charge in [-0.15, -0.1) is 0 Å². The Balaban J connectivity index is 4.29. The van der Waals surface area contributed by atoms with Crippen molar-refractivity contribution in [1.29, 1.82) is 0 Å². The summed E-state index contributed by atoms with van der Waals surface area (Å²) in [5.41, 5.74) is 0. The van der Waals surface area contributed by atoms with E-state index in [4.69, 9.17) is 4.74 Å². The summed E-state index contributed by atoms with van der Waals surface area (Å²) in [4.78, 5) is 22.5. The van der Waals surface area contributed by atoms with E-state index in [-0.39, 0.29) is 12.0 Å². The maximum atomic E-state index is 11.3. The molecular formula is C10H19NO4. The van der Waals surface area contributed by atoms with Crippen LogP contribution in [-0.2, 0) is 14.3 Å². The molecule has 0 bridgehead atoms. The zero-order chi connectivity index (χ0) is 12.0. The van der Waals surface area contributed by atoms with E-state index in [1.54, 1.807) is 13.8 Å². The largest absolute Gasteiger partial charge is 0.467 e. The molecule has 0 unspecified atom stereocenters. The van der Waals surface area contributed by atoms with Gasteiger partial charge in [0.05, 0.1) is 13.2 Å². The van der Waals surface area contributed by atoms with Crippen molar-refractivity contribution in [3.63, 3.8) is 0 Å². The molecule has 0 saturated heterocycles. The van der Waals surface area contributed by atoms with Crippen LogP contribution in [0.1, 0.15) is 27.7 Å². The van der Waals surface area contributed by atoms with Crippen LogP contribution in [0.3, 0.4) is 0 Å². The number of nitrogens with one attached hydrogen (secondary N) is 1. The highest BCUT2D eigenvalue weighted by molar-refractivity contribution is 5.81. The maximum Gasteiger partial charge on any atom is 0.408 e. The Bertz CT molecular complexity index is 225. The van der Waals surface area contributed by atoms with Gasteiger partial charge in [0.2, 0.25) is 0 Å². The van der Waals surface area contributed by atoms with E-state index in [9.17, 15) is 9.59 Å². The highest BCUT2D eigenvalue weighted by Crippen LogP contribution is 2.04. The first-order valence-electron chi connectivity index (χ1n) is 4.93. The minimum atomic E-state index is -0.666. The topological polar surface area (TPSA) is 64.6 Å². The van der Waals surface area contributed by atoms with E-state index < -0.39 is 18.1 Å². The molecule has 0 aliphatic heterocycles. The number of rotatable bonds is 4. The normalized spacial score (nSPS) is 12.5. The van der Waals surface area contributed by atoms with Crippen LogP contribution >= 0.6 is 0 Å². The standard InChI is InChI=1S/C10H19NO4/c1-6(2)8(9(12)14-5)11-10(13)15-7(3)4/h6-8H,1-5H3,(H,11,13)/t8-/m0/s1. The summed E-state index contributed by atoms with van der Waals surface area (Å²) in [6.07, 6.45) is -0.815. The van der Waals surface area contributed by atoms with Crippen LogP contribution in [0, 0.1) is 5.92 Å². The maximum absolute atomic E-state index is 11.3. The predicted octanol–water partition coefficient (Wildman–Crippen LogP) is 1.32. The van der Waals surface area contributed by atoms with E-state index in [0.717, 1.165) is 0 Å². The Morgan fingerprint density at radius 1 is 1.13 bits per heavy atom. The van der Waals surface area contributed by atoms with Crippen LogP contribution in [0.2, 0.25) is 0 Å². The van der Waals surface area contributed by atoms with Crippen LogP contribution in [0.15, 0.2) is 0 Å². The van der Waals surface area contributed by atoms with E-state index in [0.29, 0.717) is 0 Å². The summed E-state index contributed by atoms with van der Waals surface area (Å²) in [5, 5.41) is 2.46. The second-order valence-corrected chi connectivity index (χ2v) is 3.84. The lowest BCUT2D eigenvalue weighted by Gasteiger charge is -2.20. The van der Waals surface area contributed by atoms with Crippen molar-refractivity contribution in [1.82, 2.24) is 5.32 Å². The third-order valence-corrected chi connectivity index (χ3v) is 1.74. The summed E-state index contributed by atoms with van der Waals surface area (Å²) >= 11 is 0. The van der Waals surface area contributed by atoms with Crippen LogP contribution in [0.5, 0.6) is 0 Å². The summed E-state index contributed by atoms with van der Waals surface area (Å²) in [6, 6.07) is -0.666. The first-order chi connectivity index (χ1) is 6.88. The van der Waals surface area contributed by atoms with E-state index >= 15 is 0 Å². The Kier molecular flexibility index (Phi) is 5.74. The Labute approximate surface area is 90.1 Å². The molecular weight excluding hydrogens is 198 g/mol. The Hall–Kier alpha value is -1.26. The molecule has 0 fully saturated rings. The minimum Gasteiger partial charge on any atom is -0.467 e. The molecule has 88 valence electrons. The number of carbonyl (C=O) groups excluding carboxylic acids is 2. The number of hydrogen-bond donors (Lipinski definition) is 1. The van der Waals surface area contributed by atoms with Crippen LogP contribution in [0.4, 0.5) is 4.79 Å². The van der Waals surface area contributed by atoms with Gasteiger partial charge in [0.15, 0.2) is 0 Å². The van der Waals surface area contributed by atoms with Crippen molar-refractivity contribution in [2.75, 3.05) is 7.11 Å². The molecule has 1 N–H and O–H groups in total. The average molecular weight is 217 g/mol. The second-order valence-electron chi connectivity index (χ2n) is 3.84. The summed E-state index contributed by atoms with van der Waals surface area (Å²) < 4.78 is 9.44. The van der Waals surface area contributed by atoms with Crippen molar-refractivity contribution in [2.24, 2.45) is 5.92 Å². The summed E-state index contributed by atoms with van der Waals surface area (Å²) in [7, 11) is 1.28. The monoisotopic (exact) mass is 217 g/mol. The van der Waals surface area contributed by atoms with Gasteiger partial charge in [0.1, 0.15) is 6.04 Å². The fraction of sp³-hybridized carbons (Fsp3) is 0.800. The van der Waals surface area contributed by atoms with Crippen molar-refractivity contribution in [3.8, 4) is 0 Å². The number of esters is 1. The van der Waals surface area contributed by atoms with Crippen molar-refractivity contribution in [2.45, 2.75) is 39.8 Å². The van der Waals surface area contributed by atoms with Gasteiger partial charge < -0.3 is 14.8 Å². The van der Waals surface area contributed by atoms with Gasteiger partial charge in [0, 0.05) is 0 Å². The molecule has 0 saturated carbocycles. The van der Waals surface area contributed by atoms with Gasteiger partial charge in [-0.25, -0.2) is 9.59 Å². The lowest BCUT2D eigenvalue weighted by molar-refractivity contribution is -0.144. The molecule has 0 aliphatic carbocycles. The molecule has 0 radical (unpaired) electrons. The molecule has 15 heavy (non-hydrogen) atoms. The molecule has 0 rings (SSSR count). The minimum absolute atomic E-state index is 0.0443. The quantitative estimate of drug-likeness (QED) is 0.721. The van der Waals surface area contributed by atoms with E-state index in [2.05, 4.69) is 10.1 Å². The highest BCUT2D eigenvalue weighted by Gasteiger charge is 2.25. The molecule has 0 heterocycles. The second kappa shape index (κ2) is 6.27. The first kappa shape index (κ1) is 13.7. The van der Waals surface area contributed by atoms with Gasteiger partial charge in [0.25, 0.3) is 0 Å². The van der Waals surface area contributed by atoms with Crippen LogP contribution < -0.4 is 5.32 Å². The van der Waals surface area contributed by atoms with Gasteiger partial charge in [-0.1, -0.05) is 13.8 Å². The van der Waals surface area contributed by atoms with Crippen molar-refractivity contribution in [3.05, 3.63) is 0 Å². The fourth-order valence-corrected chi connectivity index (χ4v) is 1.000. The van der Waals surface area contributed by atoms with Gasteiger partial charge in [-0.3, -0.25) is 0 Å². The van der Waals surface area contributed by atoms with Crippen molar-refractivity contribution >= 4 is 12.1 Å². The SMILES string of the molecule is COC(=O)[C@@H](NC(=O)OC(C)C)C(C)C. The Morgan fingerprint density at radius 3 is 2.00 bits per heavy atom. The summed E-state index contributed by atoms with van der Waals surface area (Å²) in [5.74, 6) is -0.511. The van der Waals surface area contributed by atoms with Crippen LogP contribution in [0.25, 0.3) is 0 Å². The van der Waals surface area contributed by atoms with Crippen LogP contribution in [-0.4, -0.2) is 31.3 Å². The zero-order valence-electron chi connectivity index (χ0n) is 9.87. The molecule has 0 aromatic rings. The molecule has 5 heteroatoms. The third kappa shape index (κ3) is 5.24. The van der Waals surface area contributed by atoms with E-state index in [1.165, 1.54) is 7.11 Å². The number of alkyl carbamates (subject to hydrolysis) is 1. The molecule has 0 aromatic heterocycles. The van der Waals surface area contributed by atoms with Gasteiger partial charge in [-0.05, 0) is 19.8 Å². The number of ether oxygens (including phenoxy) is 2. The Morgan fingerprint density at radius 2 is 1.67 bits per heavy atom. The molecule has 1 atom stereocenters. The number of carbonyl (C=O) groups is 2. The highest BCUT2D eigenvalue weighted by atomic mass is 16.6. The smallest absolute Gasteiger partial charge is 0.408 e. The van der Waals surface area contributed by atoms with Gasteiger partial charge in [-0.2, -0.15) is 0 Å². The summed E-state index contributed by atoms with van der Waals surface area (Å²) in [6.45, 7) is 7.11. The lowest BCUT2D eigenvalue weighted by atomic mass is 10.1. The molecule has 0 aliphatic rings. The number of hydrogen-bond acceptors (Lipinski definition) is 4. The molecule has 5 nitrogen and oxygen atoms in total. The average Bonchev–Trinajstić information content (AvgIpc) is 2.11. The zero-order valence-corrected chi connectivity index (χ0v) is 9.87.